The summed E-state index contributed by atoms with van der Waals surface area (Å²) in [6.07, 6.45) is 2.64. The van der Waals surface area contributed by atoms with Crippen molar-refractivity contribution in [2.24, 2.45) is 0 Å². The molecular formula is C18H19N3O3. The van der Waals surface area contributed by atoms with Gasteiger partial charge in [-0.15, -0.1) is 0 Å². The summed E-state index contributed by atoms with van der Waals surface area (Å²) in [5.41, 5.74) is 1.83. The summed E-state index contributed by atoms with van der Waals surface area (Å²) >= 11 is 0. The van der Waals surface area contributed by atoms with Gasteiger partial charge in [-0.1, -0.05) is 24.3 Å². The number of carbonyl (C=O) groups is 2. The van der Waals surface area contributed by atoms with E-state index in [1.54, 1.807) is 36.4 Å². The molecule has 124 valence electrons. The molecule has 6 heteroatoms. The van der Waals surface area contributed by atoms with Crippen LogP contribution in [-0.4, -0.2) is 18.5 Å². The lowest BCUT2D eigenvalue weighted by atomic mass is 10.2. The van der Waals surface area contributed by atoms with Crippen LogP contribution in [0.15, 0.2) is 66.9 Å². The zero-order valence-electron chi connectivity index (χ0n) is 13.3. The molecule has 0 fully saturated rings. The van der Waals surface area contributed by atoms with Gasteiger partial charge in [0.15, 0.2) is 0 Å². The van der Waals surface area contributed by atoms with Gasteiger partial charge in [0.25, 0.3) is 5.91 Å². The molecular weight excluding hydrogens is 306 g/mol. The second kappa shape index (κ2) is 8.99. The Morgan fingerprint density at radius 3 is 2.25 bits per heavy atom. The molecule has 0 aliphatic heterocycles. The van der Waals surface area contributed by atoms with Crippen molar-refractivity contribution in [2.75, 3.05) is 22.6 Å². The van der Waals surface area contributed by atoms with E-state index in [0.717, 1.165) is 0 Å². The third-order valence-electron chi connectivity index (χ3n) is 2.90. The van der Waals surface area contributed by atoms with Crippen LogP contribution in [0.4, 0.5) is 21.9 Å². The molecule has 2 aromatic rings. The summed E-state index contributed by atoms with van der Waals surface area (Å²) in [6.45, 7) is 2.33. The van der Waals surface area contributed by atoms with E-state index < -0.39 is 0 Å². The summed E-state index contributed by atoms with van der Waals surface area (Å²) in [6, 6.07) is 15.6. The Balaban J connectivity index is 1.92. The van der Waals surface area contributed by atoms with Crippen LogP contribution in [0.1, 0.15) is 6.92 Å². The van der Waals surface area contributed by atoms with Crippen molar-refractivity contribution < 1.29 is 14.3 Å². The molecule has 24 heavy (non-hydrogen) atoms. The summed E-state index contributed by atoms with van der Waals surface area (Å²) in [4.78, 5) is 23.6. The minimum Gasteiger partial charge on any atom is -0.501 e. The molecule has 0 spiro atoms. The molecule has 0 unspecified atom stereocenters. The van der Waals surface area contributed by atoms with Gasteiger partial charge in [0, 0.05) is 23.1 Å². The number of carbonyl (C=O) groups excluding carboxylic acids is 2. The molecule has 0 heterocycles. The highest BCUT2D eigenvalue weighted by Crippen LogP contribution is 2.15. The second-order valence-electron chi connectivity index (χ2n) is 4.77. The molecule has 0 atom stereocenters. The normalized spacial score (nSPS) is 10.2. The van der Waals surface area contributed by atoms with Gasteiger partial charge in [-0.25, -0.2) is 4.79 Å². The Morgan fingerprint density at radius 1 is 0.917 bits per heavy atom. The quantitative estimate of drug-likeness (QED) is 0.558. The third kappa shape index (κ3) is 5.84. The number of urea groups is 1. The van der Waals surface area contributed by atoms with E-state index in [-0.39, 0.29) is 11.9 Å². The first-order valence-corrected chi connectivity index (χ1v) is 7.49. The molecule has 0 aromatic heterocycles. The van der Waals surface area contributed by atoms with Crippen molar-refractivity contribution in [1.29, 1.82) is 0 Å². The first-order chi connectivity index (χ1) is 11.7. The van der Waals surface area contributed by atoms with Crippen LogP contribution in [0.2, 0.25) is 0 Å². The monoisotopic (exact) mass is 325 g/mol. The molecule has 2 rings (SSSR count). The molecule has 0 saturated carbocycles. The maximum Gasteiger partial charge on any atom is 0.323 e. The lowest BCUT2D eigenvalue weighted by Gasteiger charge is -2.09. The zero-order valence-corrected chi connectivity index (χ0v) is 13.3. The Hall–Kier alpha value is -3.28. The van der Waals surface area contributed by atoms with Crippen molar-refractivity contribution in [3.05, 3.63) is 66.9 Å². The van der Waals surface area contributed by atoms with E-state index in [2.05, 4.69) is 16.0 Å². The van der Waals surface area contributed by atoms with Gasteiger partial charge in [0.1, 0.15) is 0 Å². The minimum absolute atomic E-state index is 0.311. The first-order valence-electron chi connectivity index (χ1n) is 7.49. The van der Waals surface area contributed by atoms with E-state index >= 15 is 0 Å². The maximum absolute atomic E-state index is 12.0. The lowest BCUT2D eigenvalue weighted by molar-refractivity contribution is -0.112. The smallest absolute Gasteiger partial charge is 0.323 e. The average Bonchev–Trinajstić information content (AvgIpc) is 2.56. The Labute approximate surface area is 140 Å². The topological polar surface area (TPSA) is 79.5 Å². The predicted molar refractivity (Wildman–Crippen MR) is 94.9 cm³/mol. The van der Waals surface area contributed by atoms with Gasteiger partial charge in [-0.3, -0.25) is 4.79 Å². The third-order valence-corrected chi connectivity index (χ3v) is 2.90. The van der Waals surface area contributed by atoms with E-state index in [0.29, 0.717) is 23.7 Å². The van der Waals surface area contributed by atoms with Crippen molar-refractivity contribution in [1.82, 2.24) is 0 Å². The van der Waals surface area contributed by atoms with Gasteiger partial charge in [0.05, 0.1) is 12.9 Å². The first kappa shape index (κ1) is 17.1. The highest BCUT2D eigenvalue weighted by atomic mass is 16.5. The van der Waals surface area contributed by atoms with Crippen LogP contribution >= 0.6 is 0 Å². The van der Waals surface area contributed by atoms with E-state index in [1.165, 1.54) is 12.3 Å². The largest absolute Gasteiger partial charge is 0.501 e. The molecule has 3 amide bonds. The summed E-state index contributed by atoms with van der Waals surface area (Å²) in [7, 11) is 0. The van der Waals surface area contributed by atoms with E-state index in [4.69, 9.17) is 4.74 Å². The number of hydrogen-bond donors (Lipinski definition) is 3. The number of anilines is 3. The lowest BCUT2D eigenvalue weighted by Crippen LogP contribution is -2.19. The van der Waals surface area contributed by atoms with E-state index in [1.807, 2.05) is 25.1 Å². The molecule has 0 saturated heterocycles. The average molecular weight is 325 g/mol. The Morgan fingerprint density at radius 2 is 1.54 bits per heavy atom. The van der Waals surface area contributed by atoms with Crippen molar-refractivity contribution in [3.63, 3.8) is 0 Å². The Kier molecular flexibility index (Phi) is 6.40. The van der Waals surface area contributed by atoms with Crippen LogP contribution in [-0.2, 0) is 9.53 Å². The van der Waals surface area contributed by atoms with E-state index in [9.17, 15) is 9.59 Å². The number of hydrogen-bond acceptors (Lipinski definition) is 3. The summed E-state index contributed by atoms with van der Waals surface area (Å²) < 4.78 is 4.97. The van der Waals surface area contributed by atoms with Crippen molar-refractivity contribution in [3.8, 4) is 0 Å². The number of rotatable bonds is 6. The molecule has 0 aliphatic rings. The van der Waals surface area contributed by atoms with Gasteiger partial charge in [0.2, 0.25) is 0 Å². The highest BCUT2D eigenvalue weighted by Gasteiger charge is 2.04. The van der Waals surface area contributed by atoms with Crippen LogP contribution in [0.25, 0.3) is 0 Å². The summed E-state index contributed by atoms with van der Waals surface area (Å²) in [5.74, 6) is -0.311. The van der Waals surface area contributed by atoms with Gasteiger partial charge >= 0.3 is 6.03 Å². The number of nitrogens with one attached hydrogen (secondary N) is 3. The number of amides is 3. The molecule has 0 bridgehead atoms. The highest BCUT2D eigenvalue weighted by molar-refractivity contribution is 6.01. The van der Waals surface area contributed by atoms with Gasteiger partial charge in [-0.2, -0.15) is 0 Å². The fraction of sp³-hybridized carbons (Fsp3) is 0.111. The van der Waals surface area contributed by atoms with Crippen LogP contribution in [0.5, 0.6) is 0 Å². The maximum atomic E-state index is 12.0. The predicted octanol–water partition coefficient (Wildman–Crippen LogP) is 3.82. The Bertz CT molecular complexity index is 714. The molecule has 0 radical (unpaired) electrons. The molecule has 2 aromatic carbocycles. The number of para-hydroxylation sites is 1. The van der Waals surface area contributed by atoms with Crippen LogP contribution in [0, 0.1) is 0 Å². The van der Waals surface area contributed by atoms with Crippen LogP contribution < -0.4 is 16.0 Å². The van der Waals surface area contributed by atoms with Gasteiger partial charge in [-0.05, 0) is 37.3 Å². The molecule has 6 nitrogen and oxygen atoms in total. The number of benzene rings is 2. The second-order valence-corrected chi connectivity index (χ2v) is 4.77. The summed E-state index contributed by atoms with van der Waals surface area (Å²) in [5, 5.41) is 8.12. The molecule has 3 N–H and O–H groups in total. The minimum atomic E-state index is -0.360. The number of ether oxygens (including phenoxy) is 1. The SMILES string of the molecule is CCO/C=C/C(=O)Nc1cccc(NC(=O)Nc2ccccc2)c1. The van der Waals surface area contributed by atoms with Crippen molar-refractivity contribution in [2.45, 2.75) is 6.92 Å². The fourth-order valence-electron chi connectivity index (χ4n) is 1.88. The van der Waals surface area contributed by atoms with Gasteiger partial charge < -0.3 is 20.7 Å². The zero-order chi connectivity index (χ0) is 17.2. The standard InChI is InChI=1S/C18H19N3O3/c1-2-24-12-11-17(22)19-15-9-6-10-16(13-15)21-18(23)20-14-7-4-3-5-8-14/h3-13H,2H2,1H3,(H,19,22)(H2,20,21,23)/b12-11+. The molecule has 0 aliphatic carbocycles. The fourth-order valence-corrected chi connectivity index (χ4v) is 1.88. The van der Waals surface area contributed by atoms with Crippen LogP contribution in [0.3, 0.4) is 0 Å². The van der Waals surface area contributed by atoms with Crippen molar-refractivity contribution >= 4 is 29.0 Å².